The molecule has 1 saturated heterocycles. The molecule has 6 rings (SSSR count). The average molecular weight is 505 g/mol. The Balaban J connectivity index is 1.57. The zero-order chi connectivity index (χ0) is 25.1. The molecule has 0 aliphatic carbocycles. The van der Waals surface area contributed by atoms with Crippen molar-refractivity contribution in [2.75, 3.05) is 18.1 Å². The van der Waals surface area contributed by atoms with E-state index in [-0.39, 0.29) is 23.9 Å². The first-order valence-corrected chi connectivity index (χ1v) is 12.8. The van der Waals surface area contributed by atoms with E-state index in [0.29, 0.717) is 10.7 Å². The van der Waals surface area contributed by atoms with Gasteiger partial charge in [-0.15, -0.1) is 5.10 Å². The number of carbonyl (C=O) groups excluding carboxylic acids is 1. The first-order valence-electron chi connectivity index (χ1n) is 12.4. The normalized spacial score (nSPS) is 18.6. The van der Waals surface area contributed by atoms with E-state index >= 15 is 0 Å². The van der Waals surface area contributed by atoms with Gasteiger partial charge in [-0.1, -0.05) is 28.9 Å². The van der Waals surface area contributed by atoms with Gasteiger partial charge in [0.05, 0.1) is 11.2 Å². The molecule has 36 heavy (non-hydrogen) atoms. The largest absolute Gasteiger partial charge is 0.381 e. The summed E-state index contributed by atoms with van der Waals surface area (Å²) in [5.74, 6) is 1.18. The molecule has 2 aliphatic heterocycles. The summed E-state index contributed by atoms with van der Waals surface area (Å²) in [5, 5.41) is 9.13. The number of halogens is 1. The number of ether oxygens (including phenoxy) is 1. The van der Waals surface area contributed by atoms with Gasteiger partial charge in [0.1, 0.15) is 17.4 Å². The van der Waals surface area contributed by atoms with Crippen molar-refractivity contribution in [2.45, 2.75) is 51.6 Å². The summed E-state index contributed by atoms with van der Waals surface area (Å²) < 4.78 is 9.64. The maximum absolute atomic E-state index is 14.2. The minimum absolute atomic E-state index is 0.0912. The molecule has 0 saturated carbocycles. The fourth-order valence-corrected chi connectivity index (χ4v) is 5.78. The standard InChI is InChI=1S/C27H29ClN6O2/c1-15(2)33-25-23(29-26(33)18-9-11-36-12-10-18)27(35)34(24(25)17-5-7-19(28)8-6-17)20-13-16(3)22-21(14-20)32(4)31-30-22/h5-8,13-15,18,24H,9-12H2,1-4H3. The molecule has 1 unspecified atom stereocenters. The van der Waals surface area contributed by atoms with Crippen LogP contribution in [0.15, 0.2) is 36.4 Å². The van der Waals surface area contributed by atoms with Crippen LogP contribution in [0.3, 0.4) is 0 Å². The molecule has 4 heterocycles. The van der Waals surface area contributed by atoms with Crippen molar-refractivity contribution in [1.29, 1.82) is 0 Å². The second-order valence-corrected chi connectivity index (χ2v) is 10.5. The maximum Gasteiger partial charge on any atom is 0.279 e. The lowest BCUT2D eigenvalue weighted by Crippen LogP contribution is -2.31. The van der Waals surface area contributed by atoms with Crippen LogP contribution >= 0.6 is 11.6 Å². The minimum atomic E-state index is -0.328. The topological polar surface area (TPSA) is 78.1 Å². The number of imidazole rings is 1. The van der Waals surface area contributed by atoms with Crippen LogP contribution in [0, 0.1) is 6.92 Å². The molecule has 1 amide bonds. The summed E-state index contributed by atoms with van der Waals surface area (Å²) in [4.78, 5) is 21.1. The van der Waals surface area contributed by atoms with Gasteiger partial charge in [0.25, 0.3) is 5.91 Å². The van der Waals surface area contributed by atoms with Gasteiger partial charge in [0.15, 0.2) is 5.69 Å². The molecular formula is C27H29ClN6O2. The van der Waals surface area contributed by atoms with Gasteiger partial charge in [-0.3, -0.25) is 9.69 Å². The van der Waals surface area contributed by atoms with Crippen LogP contribution in [0.1, 0.15) is 77.8 Å². The number of anilines is 1. The molecule has 0 spiro atoms. The summed E-state index contributed by atoms with van der Waals surface area (Å²) in [7, 11) is 1.87. The highest BCUT2D eigenvalue weighted by atomic mass is 35.5. The molecule has 2 aromatic carbocycles. The van der Waals surface area contributed by atoms with Gasteiger partial charge in [-0.2, -0.15) is 0 Å². The van der Waals surface area contributed by atoms with Crippen LogP contribution in [-0.4, -0.2) is 43.7 Å². The molecule has 4 aromatic rings. The lowest BCUT2D eigenvalue weighted by atomic mass is 9.98. The number of hydrogen-bond donors (Lipinski definition) is 0. The number of amides is 1. The second kappa shape index (κ2) is 8.71. The predicted molar refractivity (Wildman–Crippen MR) is 139 cm³/mol. The Bertz CT molecular complexity index is 1470. The molecule has 2 aromatic heterocycles. The predicted octanol–water partition coefficient (Wildman–Crippen LogP) is 5.35. The molecule has 1 atom stereocenters. The summed E-state index contributed by atoms with van der Waals surface area (Å²) in [6, 6.07) is 11.6. The van der Waals surface area contributed by atoms with E-state index in [4.69, 9.17) is 21.3 Å². The smallest absolute Gasteiger partial charge is 0.279 e. The Labute approximate surface area is 214 Å². The number of carbonyl (C=O) groups is 1. The number of rotatable bonds is 4. The van der Waals surface area contributed by atoms with Crippen molar-refractivity contribution in [2.24, 2.45) is 7.05 Å². The molecule has 8 nitrogen and oxygen atoms in total. The Hall–Kier alpha value is -3.23. The van der Waals surface area contributed by atoms with Crippen molar-refractivity contribution in [3.63, 3.8) is 0 Å². The Kier molecular flexibility index (Phi) is 5.61. The van der Waals surface area contributed by atoms with Crippen molar-refractivity contribution < 1.29 is 9.53 Å². The second-order valence-electron chi connectivity index (χ2n) is 10.0. The lowest BCUT2D eigenvalue weighted by molar-refractivity contribution is 0.0824. The SMILES string of the molecule is Cc1cc(N2C(=O)c3nc(C4CCOCC4)n(C(C)C)c3C2c2ccc(Cl)cc2)cc2c1nnn2C. The van der Waals surface area contributed by atoms with Crippen LogP contribution < -0.4 is 4.90 Å². The Morgan fingerprint density at radius 2 is 1.83 bits per heavy atom. The number of hydrogen-bond acceptors (Lipinski definition) is 5. The fourth-order valence-electron chi connectivity index (χ4n) is 5.66. The highest BCUT2D eigenvalue weighted by Gasteiger charge is 2.45. The van der Waals surface area contributed by atoms with E-state index in [2.05, 4.69) is 28.7 Å². The summed E-state index contributed by atoms with van der Waals surface area (Å²) in [5.41, 5.74) is 5.96. The van der Waals surface area contributed by atoms with E-state index < -0.39 is 0 Å². The van der Waals surface area contributed by atoms with Gasteiger partial charge in [-0.05, 0) is 69.0 Å². The molecule has 0 N–H and O–H groups in total. The summed E-state index contributed by atoms with van der Waals surface area (Å²) in [6.45, 7) is 7.77. The van der Waals surface area contributed by atoms with E-state index in [0.717, 1.165) is 65.4 Å². The van der Waals surface area contributed by atoms with E-state index in [1.165, 1.54) is 0 Å². The molecule has 186 valence electrons. The zero-order valence-corrected chi connectivity index (χ0v) is 21.7. The average Bonchev–Trinajstić information content (AvgIpc) is 3.52. The number of fused-ring (bicyclic) bond motifs is 2. The van der Waals surface area contributed by atoms with Crippen molar-refractivity contribution in [3.8, 4) is 0 Å². The molecule has 0 bridgehead atoms. The summed E-state index contributed by atoms with van der Waals surface area (Å²) >= 11 is 6.25. The quantitative estimate of drug-likeness (QED) is 0.374. The maximum atomic E-state index is 14.2. The highest BCUT2D eigenvalue weighted by Crippen LogP contribution is 2.45. The molecule has 9 heteroatoms. The first kappa shape index (κ1) is 23.2. The van der Waals surface area contributed by atoms with E-state index in [1.54, 1.807) is 4.68 Å². The molecule has 2 aliphatic rings. The van der Waals surface area contributed by atoms with E-state index in [9.17, 15) is 4.79 Å². The highest BCUT2D eigenvalue weighted by molar-refractivity contribution is 6.30. The van der Waals surface area contributed by atoms with Crippen LogP contribution in [0.25, 0.3) is 11.0 Å². The third-order valence-electron chi connectivity index (χ3n) is 7.37. The minimum Gasteiger partial charge on any atom is -0.381 e. The van der Waals surface area contributed by atoms with Crippen molar-refractivity contribution in [1.82, 2.24) is 24.5 Å². The fraction of sp³-hybridized carbons (Fsp3) is 0.407. The molecular weight excluding hydrogens is 476 g/mol. The molecule has 1 fully saturated rings. The third-order valence-corrected chi connectivity index (χ3v) is 7.63. The van der Waals surface area contributed by atoms with Crippen LogP contribution in [0.2, 0.25) is 5.02 Å². The third kappa shape index (κ3) is 3.54. The van der Waals surface area contributed by atoms with Gasteiger partial charge in [0, 0.05) is 42.9 Å². The van der Waals surface area contributed by atoms with Gasteiger partial charge < -0.3 is 9.30 Å². The van der Waals surface area contributed by atoms with Crippen molar-refractivity contribution >= 4 is 34.2 Å². The first-order chi connectivity index (χ1) is 17.3. The number of benzene rings is 2. The van der Waals surface area contributed by atoms with Crippen LogP contribution in [-0.2, 0) is 11.8 Å². The monoisotopic (exact) mass is 504 g/mol. The van der Waals surface area contributed by atoms with Crippen LogP contribution in [0.4, 0.5) is 5.69 Å². The zero-order valence-electron chi connectivity index (χ0n) is 20.9. The number of aryl methyl sites for hydroxylation is 2. The number of nitrogens with zero attached hydrogens (tertiary/aromatic N) is 6. The van der Waals surface area contributed by atoms with Crippen LogP contribution in [0.5, 0.6) is 0 Å². The van der Waals surface area contributed by atoms with Gasteiger partial charge in [-0.25, -0.2) is 9.67 Å². The summed E-state index contributed by atoms with van der Waals surface area (Å²) in [6.07, 6.45) is 1.82. The molecule has 0 radical (unpaired) electrons. The Morgan fingerprint density at radius 3 is 2.53 bits per heavy atom. The van der Waals surface area contributed by atoms with E-state index in [1.807, 2.05) is 55.3 Å². The Morgan fingerprint density at radius 1 is 1.11 bits per heavy atom. The lowest BCUT2D eigenvalue weighted by Gasteiger charge is -2.30. The van der Waals surface area contributed by atoms with Crippen molar-refractivity contribution in [3.05, 3.63) is 69.8 Å². The van der Waals surface area contributed by atoms with Gasteiger partial charge in [0.2, 0.25) is 0 Å². The number of aromatic nitrogens is 5. The van der Waals surface area contributed by atoms with Gasteiger partial charge >= 0.3 is 0 Å².